The fraction of sp³-hybridized carbons (Fsp3) is 0.286. The van der Waals surface area contributed by atoms with Gasteiger partial charge in [-0.1, -0.05) is 0 Å². The van der Waals surface area contributed by atoms with E-state index in [0.717, 1.165) is 5.56 Å². The van der Waals surface area contributed by atoms with Gasteiger partial charge in [-0.05, 0) is 74.1 Å². The highest BCUT2D eigenvalue weighted by molar-refractivity contribution is 7.80. The quantitative estimate of drug-likeness (QED) is 0.320. The van der Waals surface area contributed by atoms with Crippen molar-refractivity contribution < 1.29 is 19.0 Å². The van der Waals surface area contributed by atoms with Crippen LogP contribution in [0.5, 0.6) is 17.2 Å². The fourth-order valence-electron chi connectivity index (χ4n) is 2.36. The van der Waals surface area contributed by atoms with Crippen LogP contribution in [0, 0.1) is 0 Å². The summed E-state index contributed by atoms with van der Waals surface area (Å²) in [6, 6.07) is 12.5. The molecule has 0 saturated heterocycles. The number of nitrogens with zero attached hydrogens (tertiary/aromatic N) is 1. The first-order valence-electron chi connectivity index (χ1n) is 9.25. The van der Waals surface area contributed by atoms with Gasteiger partial charge in [-0.15, -0.1) is 0 Å². The number of hydrazone groups is 1. The lowest BCUT2D eigenvalue weighted by molar-refractivity contribution is -0.118. The van der Waals surface area contributed by atoms with E-state index in [1.165, 1.54) is 7.11 Å². The van der Waals surface area contributed by atoms with Crippen LogP contribution >= 0.6 is 12.2 Å². The number of hydrogen-bond donors (Lipinski definition) is 3. The van der Waals surface area contributed by atoms with Crippen LogP contribution < -0.4 is 30.3 Å². The first-order chi connectivity index (χ1) is 14.4. The molecule has 9 heteroatoms. The van der Waals surface area contributed by atoms with E-state index >= 15 is 0 Å². The second-order valence-corrected chi connectivity index (χ2v) is 6.88. The standard InChI is InChI=1S/C21H26N4O4S/c1-14(2)23-21(30)25-22-12-15-5-10-18(19(11-15)28-4)29-13-20(26)24-16-6-8-17(27-3)9-7-16/h5-12,14H,13H2,1-4H3,(H,24,26)(H2,23,25,30)/b22-12-. The third kappa shape index (κ3) is 7.59. The van der Waals surface area contributed by atoms with Gasteiger partial charge in [0.1, 0.15) is 5.75 Å². The molecular weight excluding hydrogens is 404 g/mol. The molecule has 0 unspecified atom stereocenters. The van der Waals surface area contributed by atoms with Gasteiger partial charge >= 0.3 is 0 Å². The van der Waals surface area contributed by atoms with Crippen LogP contribution in [0.3, 0.4) is 0 Å². The summed E-state index contributed by atoms with van der Waals surface area (Å²) in [5.74, 6) is 1.36. The van der Waals surface area contributed by atoms with Gasteiger partial charge in [0.05, 0.1) is 20.4 Å². The molecule has 0 radical (unpaired) electrons. The summed E-state index contributed by atoms with van der Waals surface area (Å²) in [6.45, 7) is 3.81. The molecule has 0 saturated carbocycles. The zero-order valence-corrected chi connectivity index (χ0v) is 18.2. The zero-order chi connectivity index (χ0) is 21.9. The van der Waals surface area contributed by atoms with Crippen LogP contribution in [0.25, 0.3) is 0 Å². The lowest BCUT2D eigenvalue weighted by atomic mass is 10.2. The molecule has 2 aromatic rings. The van der Waals surface area contributed by atoms with Crippen molar-refractivity contribution in [3.05, 3.63) is 48.0 Å². The van der Waals surface area contributed by atoms with Crippen molar-refractivity contribution in [2.75, 3.05) is 26.1 Å². The van der Waals surface area contributed by atoms with Gasteiger partial charge < -0.3 is 24.8 Å². The van der Waals surface area contributed by atoms with E-state index < -0.39 is 0 Å². The van der Waals surface area contributed by atoms with E-state index in [-0.39, 0.29) is 18.6 Å². The monoisotopic (exact) mass is 430 g/mol. The molecule has 0 spiro atoms. The summed E-state index contributed by atoms with van der Waals surface area (Å²) < 4.78 is 16.0. The molecule has 0 fully saturated rings. The highest BCUT2D eigenvalue weighted by Gasteiger charge is 2.09. The predicted molar refractivity (Wildman–Crippen MR) is 122 cm³/mol. The molecule has 0 bridgehead atoms. The third-order valence-corrected chi connectivity index (χ3v) is 3.93. The largest absolute Gasteiger partial charge is 0.497 e. The lowest BCUT2D eigenvalue weighted by Crippen LogP contribution is -2.36. The Morgan fingerprint density at radius 1 is 1.10 bits per heavy atom. The highest BCUT2D eigenvalue weighted by atomic mass is 32.1. The second kappa shape index (κ2) is 11.6. The van der Waals surface area contributed by atoms with Gasteiger partial charge in [0.15, 0.2) is 23.2 Å². The Hall–Kier alpha value is -3.33. The number of hydrogen-bond acceptors (Lipinski definition) is 6. The molecule has 2 aromatic carbocycles. The first kappa shape index (κ1) is 23.0. The Labute approximate surface area is 181 Å². The number of carbonyl (C=O) groups is 1. The molecule has 0 heterocycles. The molecule has 3 N–H and O–H groups in total. The number of rotatable bonds is 9. The van der Waals surface area contributed by atoms with Crippen molar-refractivity contribution >= 4 is 35.1 Å². The number of amides is 1. The highest BCUT2D eigenvalue weighted by Crippen LogP contribution is 2.27. The van der Waals surface area contributed by atoms with Crippen LogP contribution in [0.15, 0.2) is 47.6 Å². The lowest BCUT2D eigenvalue weighted by Gasteiger charge is -2.12. The molecule has 8 nitrogen and oxygen atoms in total. The van der Waals surface area contributed by atoms with E-state index in [1.807, 2.05) is 13.8 Å². The molecular formula is C21H26N4O4S. The van der Waals surface area contributed by atoms with Crippen LogP contribution in [0.2, 0.25) is 0 Å². The normalized spacial score (nSPS) is 10.6. The van der Waals surface area contributed by atoms with Gasteiger partial charge in [-0.3, -0.25) is 10.2 Å². The topological polar surface area (TPSA) is 93.2 Å². The molecule has 0 atom stereocenters. The van der Waals surface area contributed by atoms with Crippen LogP contribution in [-0.2, 0) is 4.79 Å². The molecule has 2 rings (SSSR count). The number of methoxy groups -OCH3 is 2. The van der Waals surface area contributed by atoms with Gasteiger partial charge in [0.2, 0.25) is 0 Å². The molecule has 0 aromatic heterocycles. The molecule has 160 valence electrons. The molecule has 0 aliphatic carbocycles. The molecule has 30 heavy (non-hydrogen) atoms. The Morgan fingerprint density at radius 3 is 2.47 bits per heavy atom. The molecule has 0 aliphatic heterocycles. The Kier molecular flexibility index (Phi) is 8.89. The third-order valence-electron chi connectivity index (χ3n) is 3.72. The minimum absolute atomic E-state index is 0.160. The van der Waals surface area contributed by atoms with E-state index in [2.05, 4.69) is 21.2 Å². The first-order valence-corrected chi connectivity index (χ1v) is 9.66. The predicted octanol–water partition coefficient (Wildman–Crippen LogP) is 2.93. The van der Waals surface area contributed by atoms with E-state index in [0.29, 0.717) is 28.0 Å². The van der Waals surface area contributed by atoms with Crippen molar-refractivity contribution in [3.8, 4) is 17.2 Å². The zero-order valence-electron chi connectivity index (χ0n) is 17.4. The van der Waals surface area contributed by atoms with Crippen LogP contribution in [0.4, 0.5) is 5.69 Å². The Balaban J connectivity index is 1.90. The number of benzene rings is 2. The smallest absolute Gasteiger partial charge is 0.262 e. The summed E-state index contributed by atoms with van der Waals surface area (Å²) in [5.41, 5.74) is 4.17. The summed E-state index contributed by atoms with van der Waals surface area (Å²) in [6.07, 6.45) is 1.61. The minimum Gasteiger partial charge on any atom is -0.497 e. The Morgan fingerprint density at radius 2 is 1.83 bits per heavy atom. The van der Waals surface area contributed by atoms with Gasteiger partial charge in [-0.2, -0.15) is 5.10 Å². The van der Waals surface area contributed by atoms with Crippen molar-refractivity contribution in [3.63, 3.8) is 0 Å². The average Bonchev–Trinajstić information content (AvgIpc) is 2.72. The minimum atomic E-state index is -0.289. The summed E-state index contributed by atoms with van der Waals surface area (Å²) in [7, 11) is 3.11. The SMILES string of the molecule is COc1ccc(NC(=O)COc2ccc(/C=N\NC(=S)NC(C)C)cc2OC)cc1. The van der Waals surface area contributed by atoms with E-state index in [4.69, 9.17) is 26.4 Å². The number of ether oxygens (including phenoxy) is 3. The van der Waals surface area contributed by atoms with Gasteiger partial charge in [0, 0.05) is 11.7 Å². The van der Waals surface area contributed by atoms with Gasteiger partial charge in [-0.25, -0.2) is 0 Å². The summed E-state index contributed by atoms with van der Waals surface area (Å²) >= 11 is 5.11. The molecule has 1 amide bonds. The summed E-state index contributed by atoms with van der Waals surface area (Å²) in [5, 5.41) is 10.3. The molecule has 0 aliphatic rings. The van der Waals surface area contributed by atoms with Crippen molar-refractivity contribution in [2.45, 2.75) is 19.9 Å². The van der Waals surface area contributed by atoms with E-state index in [9.17, 15) is 4.79 Å². The summed E-state index contributed by atoms with van der Waals surface area (Å²) in [4.78, 5) is 12.1. The second-order valence-electron chi connectivity index (χ2n) is 6.47. The Bertz CT molecular complexity index is 885. The van der Waals surface area contributed by atoms with Crippen molar-refractivity contribution in [1.82, 2.24) is 10.7 Å². The van der Waals surface area contributed by atoms with Crippen molar-refractivity contribution in [2.24, 2.45) is 5.10 Å². The fourth-order valence-corrected chi connectivity index (χ4v) is 2.65. The maximum atomic E-state index is 12.1. The maximum absolute atomic E-state index is 12.1. The average molecular weight is 431 g/mol. The van der Waals surface area contributed by atoms with E-state index in [1.54, 1.807) is 55.8 Å². The number of nitrogens with one attached hydrogen (secondary N) is 3. The number of carbonyl (C=O) groups excluding carboxylic acids is 1. The number of anilines is 1. The van der Waals surface area contributed by atoms with Crippen molar-refractivity contribution in [1.29, 1.82) is 0 Å². The number of thiocarbonyl (C=S) groups is 1. The van der Waals surface area contributed by atoms with Crippen LogP contribution in [-0.4, -0.2) is 44.1 Å². The van der Waals surface area contributed by atoms with Crippen LogP contribution in [0.1, 0.15) is 19.4 Å². The van der Waals surface area contributed by atoms with Gasteiger partial charge in [0.25, 0.3) is 5.91 Å². The maximum Gasteiger partial charge on any atom is 0.262 e.